The quantitative estimate of drug-likeness (QED) is 0.648. The van der Waals surface area contributed by atoms with Gasteiger partial charge >= 0.3 is 0 Å². The Kier molecular flexibility index (Phi) is 6.29. The molecule has 0 aromatic heterocycles. The maximum Gasteiger partial charge on any atom is 0.0602 e. The molecule has 0 amide bonds. The van der Waals surface area contributed by atoms with Crippen LogP contribution in [-0.2, 0) is 0 Å². The summed E-state index contributed by atoms with van der Waals surface area (Å²) in [7, 11) is 0. The molecule has 13 heavy (non-hydrogen) atoms. The third-order valence-electron chi connectivity index (χ3n) is 2.61. The Morgan fingerprint density at radius 3 is 2.08 bits per heavy atom. The van der Waals surface area contributed by atoms with E-state index in [2.05, 4.69) is 32.6 Å². The van der Waals surface area contributed by atoms with E-state index in [4.69, 9.17) is 5.73 Å². The summed E-state index contributed by atoms with van der Waals surface area (Å²) in [4.78, 5) is 2.24. The fourth-order valence-corrected chi connectivity index (χ4v) is 1.74. The van der Waals surface area contributed by atoms with Crippen LogP contribution in [0.5, 0.6) is 0 Å². The Balaban J connectivity index is 4.33. The number of aliphatic hydroxyl groups is 1. The van der Waals surface area contributed by atoms with Crippen LogP contribution >= 0.6 is 0 Å². The van der Waals surface area contributed by atoms with Crippen LogP contribution in [0, 0.1) is 0 Å². The summed E-state index contributed by atoms with van der Waals surface area (Å²) in [6, 6.07) is 0.627. The summed E-state index contributed by atoms with van der Waals surface area (Å²) in [6.45, 7) is 9.52. The Morgan fingerprint density at radius 2 is 1.85 bits per heavy atom. The van der Waals surface area contributed by atoms with Gasteiger partial charge < -0.3 is 10.8 Å². The van der Waals surface area contributed by atoms with Crippen molar-refractivity contribution in [3.63, 3.8) is 0 Å². The average molecular weight is 188 g/mol. The normalized spacial score (nSPS) is 16.6. The molecule has 0 bridgehead atoms. The molecule has 0 aliphatic rings. The van der Waals surface area contributed by atoms with Crippen LogP contribution in [0.25, 0.3) is 0 Å². The van der Waals surface area contributed by atoms with E-state index < -0.39 is 0 Å². The van der Waals surface area contributed by atoms with E-state index in [1.807, 2.05) is 0 Å². The summed E-state index contributed by atoms with van der Waals surface area (Å²) < 4.78 is 0. The van der Waals surface area contributed by atoms with Gasteiger partial charge in [-0.1, -0.05) is 13.8 Å². The van der Waals surface area contributed by atoms with Crippen molar-refractivity contribution in [3.8, 4) is 0 Å². The molecule has 0 aliphatic carbocycles. The van der Waals surface area contributed by atoms with E-state index in [1.54, 1.807) is 0 Å². The summed E-state index contributed by atoms with van der Waals surface area (Å²) in [5, 5.41) is 9.26. The molecule has 0 saturated carbocycles. The molecule has 0 fully saturated rings. The van der Waals surface area contributed by atoms with Gasteiger partial charge in [-0.25, -0.2) is 0 Å². The number of rotatable bonds is 6. The highest BCUT2D eigenvalue weighted by Gasteiger charge is 2.23. The van der Waals surface area contributed by atoms with Crippen LogP contribution in [0.15, 0.2) is 0 Å². The number of nitrogens with two attached hydrogens (primary N) is 1. The molecule has 0 heterocycles. The smallest absolute Gasteiger partial charge is 0.0602 e. The molecule has 0 aromatic rings. The van der Waals surface area contributed by atoms with Crippen molar-refractivity contribution in [2.24, 2.45) is 5.73 Å². The predicted molar refractivity (Wildman–Crippen MR) is 56.7 cm³/mol. The molecule has 0 aliphatic heterocycles. The van der Waals surface area contributed by atoms with Crippen LogP contribution in [0.4, 0.5) is 0 Å². The van der Waals surface area contributed by atoms with Gasteiger partial charge in [-0.05, 0) is 26.8 Å². The third-order valence-corrected chi connectivity index (χ3v) is 2.61. The molecule has 0 rings (SSSR count). The zero-order valence-electron chi connectivity index (χ0n) is 9.33. The summed E-state index contributed by atoms with van der Waals surface area (Å²) in [5.74, 6) is 0. The largest absolute Gasteiger partial charge is 0.395 e. The van der Waals surface area contributed by atoms with Crippen molar-refractivity contribution in [2.75, 3.05) is 13.2 Å². The van der Waals surface area contributed by atoms with Crippen LogP contribution in [0.1, 0.15) is 34.1 Å². The van der Waals surface area contributed by atoms with Crippen molar-refractivity contribution in [1.82, 2.24) is 4.90 Å². The van der Waals surface area contributed by atoms with E-state index >= 15 is 0 Å². The average Bonchev–Trinajstić information content (AvgIpc) is 2.12. The molecule has 0 spiro atoms. The monoisotopic (exact) mass is 188 g/mol. The van der Waals surface area contributed by atoms with Crippen molar-refractivity contribution in [1.29, 1.82) is 0 Å². The Labute approximate surface area is 81.9 Å². The van der Waals surface area contributed by atoms with Gasteiger partial charge in [0.25, 0.3) is 0 Å². The molecular weight excluding hydrogens is 164 g/mol. The van der Waals surface area contributed by atoms with Gasteiger partial charge in [0.1, 0.15) is 0 Å². The first-order chi connectivity index (χ1) is 6.08. The first-order valence-electron chi connectivity index (χ1n) is 5.20. The van der Waals surface area contributed by atoms with Gasteiger partial charge in [0.15, 0.2) is 0 Å². The van der Waals surface area contributed by atoms with E-state index in [0.717, 1.165) is 13.0 Å². The highest BCUT2D eigenvalue weighted by atomic mass is 16.3. The minimum Gasteiger partial charge on any atom is -0.395 e. The van der Waals surface area contributed by atoms with Crippen molar-refractivity contribution in [2.45, 2.75) is 52.2 Å². The Hall–Kier alpha value is -0.120. The predicted octanol–water partition coefficient (Wildman–Crippen LogP) is 0.815. The van der Waals surface area contributed by atoms with Gasteiger partial charge in [0, 0.05) is 18.1 Å². The second kappa shape index (κ2) is 6.35. The van der Waals surface area contributed by atoms with Gasteiger partial charge in [0.2, 0.25) is 0 Å². The Bertz CT molecular complexity index is 128. The topological polar surface area (TPSA) is 49.5 Å². The van der Waals surface area contributed by atoms with Crippen molar-refractivity contribution < 1.29 is 5.11 Å². The second-order valence-electron chi connectivity index (χ2n) is 3.75. The minimum absolute atomic E-state index is 0.0762. The number of hydrogen-bond acceptors (Lipinski definition) is 3. The zero-order valence-corrected chi connectivity index (χ0v) is 9.33. The van der Waals surface area contributed by atoms with E-state index in [9.17, 15) is 5.11 Å². The molecule has 0 aromatic carbocycles. The lowest BCUT2D eigenvalue weighted by molar-refractivity contribution is 0.0824. The first-order valence-corrected chi connectivity index (χ1v) is 5.20. The van der Waals surface area contributed by atoms with Crippen molar-refractivity contribution in [3.05, 3.63) is 0 Å². The third kappa shape index (κ3) is 3.63. The highest BCUT2D eigenvalue weighted by Crippen LogP contribution is 2.09. The molecule has 3 nitrogen and oxygen atoms in total. The summed E-state index contributed by atoms with van der Waals surface area (Å²) >= 11 is 0. The summed E-state index contributed by atoms with van der Waals surface area (Å²) in [6.07, 6.45) is 0.911. The van der Waals surface area contributed by atoms with E-state index in [0.29, 0.717) is 6.04 Å². The maximum absolute atomic E-state index is 9.26. The lowest BCUT2D eigenvalue weighted by atomic mass is 10.0. The first kappa shape index (κ1) is 12.9. The maximum atomic E-state index is 9.26. The number of aliphatic hydroxyl groups excluding tert-OH is 1. The Morgan fingerprint density at radius 1 is 1.31 bits per heavy atom. The van der Waals surface area contributed by atoms with Crippen LogP contribution < -0.4 is 5.73 Å². The van der Waals surface area contributed by atoms with Gasteiger partial charge in [-0.3, -0.25) is 4.90 Å². The molecule has 0 radical (unpaired) electrons. The molecule has 2 atom stereocenters. The number of hydrogen-bond donors (Lipinski definition) is 2. The van der Waals surface area contributed by atoms with E-state index in [1.165, 1.54) is 0 Å². The lowest BCUT2D eigenvalue weighted by Gasteiger charge is -2.36. The molecule has 2 unspecified atom stereocenters. The van der Waals surface area contributed by atoms with Gasteiger partial charge in [-0.15, -0.1) is 0 Å². The fraction of sp³-hybridized carbons (Fsp3) is 1.00. The van der Waals surface area contributed by atoms with Crippen LogP contribution in [0.3, 0.4) is 0 Å². The molecule has 3 N–H and O–H groups in total. The highest BCUT2D eigenvalue weighted by molar-refractivity contribution is 4.82. The SMILES string of the molecule is CCC(N)C(CO)N(CC)C(C)C. The molecular formula is C10H24N2O. The minimum atomic E-state index is 0.0762. The van der Waals surface area contributed by atoms with Gasteiger partial charge in [-0.2, -0.15) is 0 Å². The lowest BCUT2D eigenvalue weighted by Crippen LogP contribution is -2.52. The number of likely N-dealkylation sites (N-methyl/N-ethyl adjacent to an activating group) is 1. The number of nitrogens with zero attached hydrogens (tertiary/aromatic N) is 1. The van der Waals surface area contributed by atoms with Crippen LogP contribution in [-0.4, -0.2) is 41.3 Å². The fourth-order valence-electron chi connectivity index (χ4n) is 1.74. The zero-order chi connectivity index (χ0) is 10.4. The second-order valence-corrected chi connectivity index (χ2v) is 3.75. The van der Waals surface area contributed by atoms with E-state index in [-0.39, 0.29) is 18.7 Å². The summed E-state index contributed by atoms with van der Waals surface area (Å²) in [5.41, 5.74) is 5.94. The molecule has 80 valence electrons. The molecule has 3 heteroatoms. The van der Waals surface area contributed by atoms with Crippen LogP contribution in [0.2, 0.25) is 0 Å². The molecule has 0 saturated heterocycles. The standard InChI is InChI=1S/C10H24N2O/c1-5-9(11)10(7-13)12(6-2)8(3)4/h8-10,13H,5-7,11H2,1-4H3. The van der Waals surface area contributed by atoms with Gasteiger partial charge in [0.05, 0.1) is 6.61 Å². The van der Waals surface area contributed by atoms with Crippen molar-refractivity contribution >= 4 is 0 Å².